The van der Waals surface area contributed by atoms with Crippen LogP contribution in [0, 0.1) is 5.92 Å². The van der Waals surface area contributed by atoms with Crippen LogP contribution in [-0.2, 0) is 26.0 Å². The molecule has 0 radical (unpaired) electrons. The van der Waals surface area contributed by atoms with Crippen molar-refractivity contribution in [1.82, 2.24) is 9.47 Å². The molecule has 0 bridgehead atoms. The zero-order valence-electron chi connectivity index (χ0n) is 16.7. The second kappa shape index (κ2) is 9.45. The standard InChI is InChI=1S/C20H24ClN3O4S2/c1-3-8-24-16-5-4-15(21)11-17(16)29-20(24)22-18(25)12-30(27,28)13-19(26)23-9-6-14(2)7-10-23/h3-5,11,14H,1,6-10,12-13H2,2H3. The Morgan fingerprint density at radius 3 is 2.67 bits per heavy atom. The normalized spacial score (nSPS) is 16.2. The van der Waals surface area contributed by atoms with Crippen LogP contribution in [0.5, 0.6) is 0 Å². The molecule has 0 saturated carbocycles. The van der Waals surface area contributed by atoms with Crippen LogP contribution in [0.25, 0.3) is 10.2 Å². The molecule has 30 heavy (non-hydrogen) atoms. The molecule has 0 unspecified atom stereocenters. The van der Waals surface area contributed by atoms with Crippen LogP contribution in [0.15, 0.2) is 35.8 Å². The summed E-state index contributed by atoms with van der Waals surface area (Å²) in [6.07, 6.45) is 3.39. The summed E-state index contributed by atoms with van der Waals surface area (Å²) >= 11 is 7.28. The van der Waals surface area contributed by atoms with Crippen molar-refractivity contribution >= 4 is 54.8 Å². The lowest BCUT2D eigenvalue weighted by molar-refractivity contribution is -0.129. The largest absolute Gasteiger partial charge is 0.342 e. The predicted molar refractivity (Wildman–Crippen MR) is 119 cm³/mol. The molecule has 1 fully saturated rings. The van der Waals surface area contributed by atoms with Crippen molar-refractivity contribution in [3.8, 4) is 0 Å². The summed E-state index contributed by atoms with van der Waals surface area (Å²) in [7, 11) is -3.91. The zero-order valence-corrected chi connectivity index (χ0v) is 19.1. The number of carbonyl (C=O) groups excluding carboxylic acids is 2. The molecule has 0 atom stereocenters. The van der Waals surface area contributed by atoms with Crippen molar-refractivity contribution in [3.63, 3.8) is 0 Å². The quantitative estimate of drug-likeness (QED) is 0.608. The fraction of sp³-hybridized carbons (Fsp3) is 0.450. The van der Waals surface area contributed by atoms with Crippen molar-refractivity contribution < 1.29 is 18.0 Å². The Morgan fingerprint density at radius 2 is 2.00 bits per heavy atom. The molecule has 0 aliphatic carbocycles. The number of hydrogen-bond donors (Lipinski definition) is 0. The molecule has 1 aromatic carbocycles. The van der Waals surface area contributed by atoms with E-state index in [1.807, 2.05) is 6.07 Å². The Bertz CT molecular complexity index is 1140. The molecular formula is C20H24ClN3O4S2. The van der Waals surface area contributed by atoms with Gasteiger partial charge in [0.2, 0.25) is 5.91 Å². The molecular weight excluding hydrogens is 446 g/mol. The third kappa shape index (κ3) is 5.59. The summed E-state index contributed by atoms with van der Waals surface area (Å²) in [4.78, 5) is 30.7. The van der Waals surface area contributed by atoms with E-state index in [0.29, 0.717) is 35.4 Å². The number of piperidine rings is 1. The van der Waals surface area contributed by atoms with E-state index in [-0.39, 0.29) is 0 Å². The number of fused-ring (bicyclic) bond motifs is 1. The molecule has 0 N–H and O–H groups in total. The van der Waals surface area contributed by atoms with Gasteiger partial charge in [0.1, 0.15) is 11.5 Å². The van der Waals surface area contributed by atoms with Gasteiger partial charge in [0, 0.05) is 24.7 Å². The van der Waals surface area contributed by atoms with Crippen molar-refractivity contribution in [3.05, 3.63) is 40.7 Å². The number of thiazole rings is 1. The van der Waals surface area contributed by atoms with Crippen LogP contribution in [0.4, 0.5) is 0 Å². The number of hydrogen-bond acceptors (Lipinski definition) is 5. The molecule has 2 amide bonds. The number of likely N-dealkylation sites (tertiary alicyclic amines) is 1. The van der Waals surface area contributed by atoms with Gasteiger partial charge in [-0.05, 0) is 37.0 Å². The molecule has 3 rings (SSSR count). The van der Waals surface area contributed by atoms with E-state index in [1.165, 1.54) is 11.3 Å². The fourth-order valence-electron chi connectivity index (χ4n) is 3.35. The first kappa shape index (κ1) is 22.7. The lowest BCUT2D eigenvalue weighted by atomic mass is 9.99. The molecule has 1 aromatic heterocycles. The maximum atomic E-state index is 12.4. The van der Waals surface area contributed by atoms with Crippen molar-refractivity contribution in [2.45, 2.75) is 26.3 Å². The van der Waals surface area contributed by atoms with Gasteiger partial charge in [0.05, 0.1) is 10.2 Å². The van der Waals surface area contributed by atoms with E-state index in [1.54, 1.807) is 27.7 Å². The summed E-state index contributed by atoms with van der Waals surface area (Å²) < 4.78 is 27.4. The van der Waals surface area contributed by atoms with Crippen LogP contribution in [0.1, 0.15) is 19.8 Å². The van der Waals surface area contributed by atoms with Crippen LogP contribution in [-0.4, -0.2) is 54.3 Å². The first-order chi connectivity index (χ1) is 14.2. The average molecular weight is 470 g/mol. The highest BCUT2D eigenvalue weighted by Gasteiger charge is 2.26. The molecule has 1 aliphatic rings. The van der Waals surface area contributed by atoms with Crippen LogP contribution < -0.4 is 4.80 Å². The molecule has 0 spiro atoms. The summed E-state index contributed by atoms with van der Waals surface area (Å²) in [6, 6.07) is 5.31. The van der Waals surface area contributed by atoms with Gasteiger partial charge >= 0.3 is 0 Å². The van der Waals surface area contributed by atoms with Crippen molar-refractivity contribution in [1.29, 1.82) is 0 Å². The minimum atomic E-state index is -3.91. The van der Waals surface area contributed by atoms with Crippen molar-refractivity contribution in [2.75, 3.05) is 24.6 Å². The SMILES string of the molecule is C=CCn1c(=NC(=O)CS(=O)(=O)CC(=O)N2CCC(C)CC2)sc2cc(Cl)ccc21. The van der Waals surface area contributed by atoms with Crippen molar-refractivity contribution in [2.24, 2.45) is 10.9 Å². The summed E-state index contributed by atoms with van der Waals surface area (Å²) in [6.45, 7) is 7.34. The summed E-state index contributed by atoms with van der Waals surface area (Å²) in [5.41, 5.74) is 0.827. The first-order valence-corrected chi connectivity index (χ1v) is 12.7. The Hall–Kier alpha value is -1.97. The van der Waals surface area contributed by atoms with Crippen LogP contribution in [0.2, 0.25) is 5.02 Å². The molecule has 2 aromatic rings. The van der Waals surface area contributed by atoms with Gasteiger partial charge in [-0.1, -0.05) is 35.9 Å². The van der Waals surface area contributed by atoms with E-state index in [9.17, 15) is 18.0 Å². The topological polar surface area (TPSA) is 88.8 Å². The smallest absolute Gasteiger partial charge is 0.263 e. The Morgan fingerprint density at radius 1 is 1.30 bits per heavy atom. The number of sulfone groups is 1. The number of amides is 2. The highest BCUT2D eigenvalue weighted by Crippen LogP contribution is 2.22. The number of carbonyl (C=O) groups is 2. The number of aromatic nitrogens is 1. The Labute approximate surface area is 184 Å². The second-order valence-electron chi connectivity index (χ2n) is 7.50. The molecule has 1 aliphatic heterocycles. The molecule has 1 saturated heterocycles. The molecule has 7 nitrogen and oxygen atoms in total. The van der Waals surface area contributed by atoms with Gasteiger partial charge in [-0.3, -0.25) is 9.59 Å². The summed E-state index contributed by atoms with van der Waals surface area (Å²) in [5.74, 6) is -2.19. The third-order valence-corrected chi connectivity index (χ3v) is 7.65. The van der Waals surface area contributed by atoms with E-state index in [2.05, 4.69) is 18.5 Å². The molecule has 2 heterocycles. The number of benzene rings is 1. The summed E-state index contributed by atoms with van der Waals surface area (Å²) in [5, 5.41) is 0.556. The number of nitrogens with zero attached hydrogens (tertiary/aromatic N) is 3. The third-order valence-electron chi connectivity index (χ3n) is 5.00. The number of rotatable bonds is 6. The van der Waals surface area contributed by atoms with Gasteiger partial charge in [0.25, 0.3) is 5.91 Å². The minimum Gasteiger partial charge on any atom is -0.342 e. The highest BCUT2D eigenvalue weighted by molar-refractivity contribution is 7.92. The Balaban J connectivity index is 1.76. The van der Waals surface area contributed by atoms with E-state index < -0.39 is 33.2 Å². The van der Waals surface area contributed by atoms with Crippen LogP contribution in [0.3, 0.4) is 0 Å². The predicted octanol–water partition coefficient (Wildman–Crippen LogP) is 2.64. The number of halogens is 1. The minimum absolute atomic E-state index is 0.365. The van der Waals surface area contributed by atoms with Gasteiger partial charge in [-0.2, -0.15) is 4.99 Å². The van der Waals surface area contributed by atoms with Gasteiger partial charge in [0.15, 0.2) is 14.6 Å². The maximum absolute atomic E-state index is 12.4. The number of allylic oxidation sites excluding steroid dienone is 1. The van der Waals surface area contributed by atoms with Gasteiger partial charge in [-0.25, -0.2) is 8.42 Å². The lowest BCUT2D eigenvalue weighted by Gasteiger charge is -2.30. The Kier molecular flexibility index (Phi) is 7.15. The first-order valence-electron chi connectivity index (χ1n) is 9.64. The highest BCUT2D eigenvalue weighted by atomic mass is 35.5. The molecule has 162 valence electrons. The second-order valence-corrected chi connectivity index (χ2v) is 11.0. The monoisotopic (exact) mass is 469 g/mol. The van der Waals surface area contributed by atoms with Crippen LogP contribution >= 0.6 is 22.9 Å². The van der Waals surface area contributed by atoms with Gasteiger partial charge in [-0.15, -0.1) is 6.58 Å². The van der Waals surface area contributed by atoms with Gasteiger partial charge < -0.3 is 9.47 Å². The fourth-order valence-corrected chi connectivity index (χ4v) is 5.79. The van der Waals surface area contributed by atoms with E-state index >= 15 is 0 Å². The van der Waals surface area contributed by atoms with E-state index in [4.69, 9.17) is 11.6 Å². The average Bonchev–Trinajstić information content (AvgIpc) is 2.97. The van der Waals surface area contributed by atoms with E-state index in [0.717, 1.165) is 23.1 Å². The zero-order chi connectivity index (χ0) is 21.9. The maximum Gasteiger partial charge on any atom is 0.263 e. The lowest BCUT2D eigenvalue weighted by Crippen LogP contribution is -2.41. The molecule has 10 heteroatoms.